The van der Waals surface area contributed by atoms with E-state index in [2.05, 4.69) is 10.2 Å². The van der Waals surface area contributed by atoms with Crippen molar-refractivity contribution in [2.75, 3.05) is 18.9 Å². The monoisotopic (exact) mass is 294 g/mol. The Morgan fingerprint density at radius 2 is 2.15 bits per heavy atom. The summed E-state index contributed by atoms with van der Waals surface area (Å²) in [5.74, 6) is 0.758. The summed E-state index contributed by atoms with van der Waals surface area (Å²) in [6, 6.07) is 7.39. The molecule has 0 radical (unpaired) electrons. The summed E-state index contributed by atoms with van der Waals surface area (Å²) in [4.78, 5) is -0.00289. The van der Waals surface area contributed by atoms with Crippen molar-refractivity contribution in [1.29, 1.82) is 0 Å². The third-order valence-electron chi connectivity index (χ3n) is 3.17. The molecule has 20 heavy (non-hydrogen) atoms. The van der Waals surface area contributed by atoms with Gasteiger partial charge in [-0.1, -0.05) is 18.2 Å². The lowest BCUT2D eigenvalue weighted by molar-refractivity contribution is 0.293. The van der Waals surface area contributed by atoms with Crippen LogP contribution in [0, 0.1) is 0 Å². The third kappa shape index (κ3) is 2.12. The van der Waals surface area contributed by atoms with Gasteiger partial charge in [0.15, 0.2) is 0 Å². The van der Waals surface area contributed by atoms with Crippen LogP contribution in [0.5, 0.6) is 5.75 Å². The smallest absolute Gasteiger partial charge is 0.248 e. The molecule has 7 nitrogen and oxygen atoms in total. The molecule has 1 aromatic carbocycles. The van der Waals surface area contributed by atoms with Gasteiger partial charge in [-0.25, -0.2) is 8.42 Å². The quantitative estimate of drug-likeness (QED) is 0.843. The molecule has 0 saturated carbocycles. The van der Waals surface area contributed by atoms with Crippen molar-refractivity contribution in [3.63, 3.8) is 0 Å². The number of H-pyrrole nitrogens is 1. The molecule has 2 aromatic rings. The summed E-state index contributed by atoms with van der Waals surface area (Å²) in [6.45, 7) is 0.818. The lowest BCUT2D eigenvalue weighted by Crippen LogP contribution is -2.32. The van der Waals surface area contributed by atoms with Crippen molar-refractivity contribution >= 4 is 15.8 Å². The molecule has 3 N–H and O–H groups in total. The Hall–Kier alpha value is -2.06. The highest BCUT2D eigenvalue weighted by Gasteiger charge is 2.30. The largest absolute Gasteiger partial charge is 0.492 e. The second-order valence-electron chi connectivity index (χ2n) is 4.44. The van der Waals surface area contributed by atoms with E-state index in [0.29, 0.717) is 12.4 Å². The minimum Gasteiger partial charge on any atom is -0.492 e. The second kappa shape index (κ2) is 4.80. The number of fused-ring (bicyclic) bond motifs is 1. The number of nitrogens with zero attached hydrogens (tertiary/aromatic N) is 2. The van der Waals surface area contributed by atoms with Gasteiger partial charge in [0.05, 0.1) is 6.20 Å². The topological polar surface area (TPSA) is 101 Å². The maximum absolute atomic E-state index is 12.6. The molecule has 0 saturated heterocycles. The molecule has 0 atom stereocenters. The Morgan fingerprint density at radius 1 is 1.35 bits per heavy atom. The Kier molecular flexibility index (Phi) is 3.11. The van der Waals surface area contributed by atoms with Crippen molar-refractivity contribution in [1.82, 2.24) is 14.5 Å². The van der Waals surface area contributed by atoms with E-state index in [9.17, 15) is 8.42 Å². The molecule has 0 unspecified atom stereocenters. The predicted octanol–water partition coefficient (Wildman–Crippen LogP) is 0.575. The Labute approximate surface area is 116 Å². The fourth-order valence-corrected chi connectivity index (χ4v) is 3.55. The molecule has 2 heterocycles. The number of para-hydroxylation sites is 1. The zero-order valence-corrected chi connectivity index (χ0v) is 11.4. The highest BCUT2D eigenvalue weighted by atomic mass is 32.2. The number of ether oxygens (including phenoxy) is 1. The lowest BCUT2D eigenvalue weighted by atomic mass is 10.2. The fraction of sp³-hybridized carbons (Fsp3) is 0.250. The first-order chi connectivity index (χ1) is 9.59. The zero-order chi connectivity index (χ0) is 14.2. The molecule has 3 rings (SSSR count). The summed E-state index contributed by atoms with van der Waals surface area (Å²) >= 11 is 0. The van der Waals surface area contributed by atoms with E-state index in [1.807, 2.05) is 24.3 Å². The number of hydrogen-bond donors (Lipinski definition) is 2. The third-order valence-corrected chi connectivity index (χ3v) is 5.04. The molecule has 106 valence electrons. The van der Waals surface area contributed by atoms with Gasteiger partial charge in [0.25, 0.3) is 0 Å². The first kappa shape index (κ1) is 12.9. The van der Waals surface area contributed by atoms with Gasteiger partial charge in [-0.15, -0.1) is 0 Å². The van der Waals surface area contributed by atoms with Crippen LogP contribution in [0.4, 0.5) is 5.82 Å². The normalized spacial score (nSPS) is 16.2. The average molecular weight is 294 g/mol. The van der Waals surface area contributed by atoms with Gasteiger partial charge in [-0.05, 0) is 6.07 Å². The van der Waals surface area contributed by atoms with Crippen LogP contribution in [-0.4, -0.2) is 36.1 Å². The predicted molar refractivity (Wildman–Crippen MR) is 72.5 cm³/mol. The number of aromatic nitrogens is 2. The number of sulfonamides is 1. The molecule has 1 aliphatic rings. The van der Waals surface area contributed by atoms with Crippen LogP contribution >= 0.6 is 0 Å². The van der Waals surface area contributed by atoms with E-state index in [1.165, 1.54) is 10.5 Å². The van der Waals surface area contributed by atoms with E-state index in [1.54, 1.807) is 0 Å². The van der Waals surface area contributed by atoms with Crippen molar-refractivity contribution in [3.8, 4) is 5.75 Å². The number of nitrogens with two attached hydrogens (primary N) is 1. The van der Waals surface area contributed by atoms with Crippen molar-refractivity contribution in [2.45, 2.75) is 11.4 Å². The lowest BCUT2D eigenvalue weighted by Gasteiger charge is -2.18. The van der Waals surface area contributed by atoms with Crippen molar-refractivity contribution < 1.29 is 13.2 Å². The minimum absolute atomic E-state index is 0.00289. The minimum atomic E-state index is -3.68. The van der Waals surface area contributed by atoms with Crippen LogP contribution in [0.2, 0.25) is 0 Å². The maximum atomic E-state index is 12.6. The van der Waals surface area contributed by atoms with Crippen LogP contribution in [0.25, 0.3) is 0 Å². The molecule has 1 aliphatic heterocycles. The van der Waals surface area contributed by atoms with Gasteiger partial charge in [0.1, 0.15) is 23.1 Å². The molecule has 0 bridgehead atoms. The Morgan fingerprint density at radius 3 is 2.90 bits per heavy atom. The second-order valence-corrected chi connectivity index (χ2v) is 6.35. The summed E-state index contributed by atoms with van der Waals surface area (Å²) in [7, 11) is -3.68. The number of nitrogen functional groups attached to an aromatic ring is 1. The average Bonchev–Trinajstić information content (AvgIpc) is 2.74. The van der Waals surface area contributed by atoms with Crippen LogP contribution in [-0.2, 0) is 16.6 Å². The van der Waals surface area contributed by atoms with Gasteiger partial charge >= 0.3 is 0 Å². The maximum Gasteiger partial charge on any atom is 0.248 e. The van der Waals surface area contributed by atoms with E-state index < -0.39 is 10.0 Å². The van der Waals surface area contributed by atoms with E-state index >= 15 is 0 Å². The number of nitrogens with one attached hydrogen (secondary N) is 1. The van der Waals surface area contributed by atoms with Crippen LogP contribution in [0.1, 0.15) is 5.56 Å². The number of rotatable bonds is 2. The van der Waals surface area contributed by atoms with Gasteiger partial charge in [-0.3, -0.25) is 5.10 Å². The van der Waals surface area contributed by atoms with Gasteiger partial charge in [0.2, 0.25) is 10.0 Å². The Balaban J connectivity index is 1.98. The fourth-order valence-electron chi connectivity index (χ4n) is 2.14. The van der Waals surface area contributed by atoms with Gasteiger partial charge in [-0.2, -0.15) is 9.40 Å². The molecule has 0 aliphatic carbocycles. The van der Waals surface area contributed by atoms with Gasteiger partial charge in [0, 0.05) is 18.7 Å². The van der Waals surface area contributed by atoms with E-state index in [4.69, 9.17) is 10.5 Å². The first-order valence-corrected chi connectivity index (χ1v) is 7.53. The molecule has 0 amide bonds. The Bertz CT molecular complexity index is 726. The summed E-state index contributed by atoms with van der Waals surface area (Å²) < 4.78 is 32.0. The van der Waals surface area contributed by atoms with Gasteiger partial charge < -0.3 is 10.5 Å². The highest BCUT2D eigenvalue weighted by Crippen LogP contribution is 2.27. The highest BCUT2D eigenvalue weighted by molar-refractivity contribution is 7.89. The number of aromatic amines is 1. The van der Waals surface area contributed by atoms with E-state index in [0.717, 1.165) is 5.56 Å². The molecule has 8 heteroatoms. The van der Waals surface area contributed by atoms with Crippen molar-refractivity contribution in [2.24, 2.45) is 0 Å². The zero-order valence-electron chi connectivity index (χ0n) is 10.6. The van der Waals surface area contributed by atoms with E-state index in [-0.39, 0.29) is 23.8 Å². The number of anilines is 1. The number of hydrogen-bond acceptors (Lipinski definition) is 5. The standard InChI is InChI=1S/C12H14N4O3S/c13-12-11(7-14-15-12)20(17,18)16-5-6-19-10-4-2-1-3-9(10)8-16/h1-4,7H,5-6,8H2,(H3,13,14,15). The summed E-state index contributed by atoms with van der Waals surface area (Å²) in [6.07, 6.45) is 1.22. The molecular formula is C12H14N4O3S. The number of benzene rings is 1. The summed E-state index contributed by atoms with van der Waals surface area (Å²) in [5.41, 5.74) is 6.44. The molecule has 0 fully saturated rings. The molecule has 0 spiro atoms. The van der Waals surface area contributed by atoms with Crippen LogP contribution in [0.3, 0.4) is 0 Å². The molecular weight excluding hydrogens is 280 g/mol. The van der Waals surface area contributed by atoms with Crippen LogP contribution in [0.15, 0.2) is 35.4 Å². The first-order valence-electron chi connectivity index (χ1n) is 6.09. The molecule has 1 aromatic heterocycles. The van der Waals surface area contributed by atoms with Crippen LogP contribution < -0.4 is 10.5 Å². The SMILES string of the molecule is Nc1[nH]ncc1S(=O)(=O)N1CCOc2ccccc2C1. The van der Waals surface area contributed by atoms with Crippen molar-refractivity contribution in [3.05, 3.63) is 36.0 Å². The summed E-state index contributed by atoms with van der Waals surface area (Å²) in [5, 5.41) is 6.10.